The molecule has 124 valence electrons. The summed E-state index contributed by atoms with van der Waals surface area (Å²) in [5.74, 6) is -6.94. The maximum Gasteiger partial charge on any atom is 0.194 e. The Morgan fingerprint density at radius 1 is 1.12 bits per heavy atom. The number of nitrogens with zero attached hydrogens (tertiary/aromatic N) is 1. The highest BCUT2D eigenvalue weighted by Crippen LogP contribution is 2.26. The minimum atomic E-state index is -1.74. The lowest BCUT2D eigenvalue weighted by molar-refractivity contribution is -0.125. The summed E-state index contributed by atoms with van der Waals surface area (Å²) in [6.45, 7) is 1.34. The van der Waals surface area contributed by atoms with E-state index >= 15 is 0 Å². The van der Waals surface area contributed by atoms with Crippen molar-refractivity contribution in [2.45, 2.75) is 18.9 Å². The first-order valence-electron chi connectivity index (χ1n) is 6.87. The van der Waals surface area contributed by atoms with Gasteiger partial charge in [0.2, 0.25) is 0 Å². The highest BCUT2D eigenvalue weighted by atomic mass is 19.2. The van der Waals surface area contributed by atoms with E-state index in [0.29, 0.717) is 6.07 Å². The normalized spacial score (nSPS) is 13.0. The molecule has 0 saturated heterocycles. The van der Waals surface area contributed by atoms with Crippen molar-refractivity contribution in [3.63, 3.8) is 0 Å². The van der Waals surface area contributed by atoms with Gasteiger partial charge in [-0.2, -0.15) is 5.26 Å². The molecule has 2 atom stereocenters. The van der Waals surface area contributed by atoms with Gasteiger partial charge in [0.1, 0.15) is 17.4 Å². The van der Waals surface area contributed by atoms with Crippen molar-refractivity contribution in [1.29, 1.82) is 5.26 Å². The summed E-state index contributed by atoms with van der Waals surface area (Å²) in [5, 5.41) is 18.3. The van der Waals surface area contributed by atoms with Gasteiger partial charge in [-0.25, -0.2) is 13.2 Å². The number of phenols is 1. The van der Waals surface area contributed by atoms with Crippen molar-refractivity contribution < 1.29 is 27.8 Å². The summed E-state index contributed by atoms with van der Waals surface area (Å²) < 4.78 is 45.4. The molecule has 2 aromatic carbocycles. The zero-order valence-corrected chi connectivity index (χ0v) is 12.5. The third kappa shape index (κ3) is 3.49. The molecule has 2 aromatic rings. The Hall–Kier alpha value is -3.01. The summed E-state index contributed by atoms with van der Waals surface area (Å²) >= 11 is 0. The molecule has 0 aliphatic rings. The van der Waals surface area contributed by atoms with E-state index in [2.05, 4.69) is 0 Å². The Labute approximate surface area is 135 Å². The van der Waals surface area contributed by atoms with E-state index in [9.17, 15) is 23.1 Å². The average Bonchev–Trinajstić information content (AvgIpc) is 2.57. The lowest BCUT2D eigenvalue weighted by atomic mass is 9.93. The zero-order valence-electron chi connectivity index (χ0n) is 12.5. The van der Waals surface area contributed by atoms with Gasteiger partial charge in [0.05, 0.1) is 6.07 Å². The number of ether oxygens (including phenoxy) is 1. The van der Waals surface area contributed by atoms with Crippen LogP contribution in [-0.2, 0) is 4.79 Å². The maximum atomic E-state index is 13.8. The van der Waals surface area contributed by atoms with Crippen LogP contribution in [0.1, 0.15) is 18.4 Å². The van der Waals surface area contributed by atoms with Crippen LogP contribution in [0.15, 0.2) is 36.4 Å². The molecular weight excluding hydrogens is 323 g/mol. The fourth-order valence-electron chi connectivity index (χ4n) is 2.07. The first-order valence-corrected chi connectivity index (χ1v) is 6.87. The molecule has 4 nitrogen and oxygen atoms in total. The second-order valence-corrected chi connectivity index (χ2v) is 4.98. The number of benzene rings is 2. The van der Waals surface area contributed by atoms with Crippen LogP contribution >= 0.6 is 0 Å². The summed E-state index contributed by atoms with van der Waals surface area (Å²) in [7, 11) is 0. The van der Waals surface area contributed by atoms with Crippen LogP contribution in [0.4, 0.5) is 13.2 Å². The van der Waals surface area contributed by atoms with E-state index in [0.717, 1.165) is 6.07 Å². The first-order chi connectivity index (χ1) is 11.3. The highest BCUT2D eigenvalue weighted by Gasteiger charge is 2.30. The van der Waals surface area contributed by atoms with Gasteiger partial charge in [-0.05, 0) is 37.3 Å². The molecule has 0 amide bonds. The van der Waals surface area contributed by atoms with Gasteiger partial charge in [-0.1, -0.05) is 6.07 Å². The standard InChI is InChI=1S/C17H12F3NO3/c1-9(24-11-4-2-10(22)3-5-11)17(23)13(8-21)12-6-7-14(18)16(20)15(12)19/h2-7,9,13,22H,1H3. The van der Waals surface area contributed by atoms with E-state index in [4.69, 9.17) is 10.00 Å². The topological polar surface area (TPSA) is 70.3 Å². The first kappa shape index (κ1) is 17.3. The number of aromatic hydroxyl groups is 1. The van der Waals surface area contributed by atoms with Gasteiger partial charge in [-0.3, -0.25) is 4.79 Å². The molecule has 0 radical (unpaired) electrons. The summed E-state index contributed by atoms with van der Waals surface area (Å²) in [6.07, 6.45) is -1.15. The van der Waals surface area contributed by atoms with Crippen molar-refractivity contribution in [1.82, 2.24) is 0 Å². The van der Waals surface area contributed by atoms with Gasteiger partial charge < -0.3 is 9.84 Å². The third-order valence-electron chi connectivity index (χ3n) is 3.34. The van der Waals surface area contributed by atoms with E-state index in [1.54, 1.807) is 6.07 Å². The van der Waals surface area contributed by atoms with E-state index in [1.807, 2.05) is 0 Å². The number of nitriles is 1. The molecule has 24 heavy (non-hydrogen) atoms. The quantitative estimate of drug-likeness (QED) is 0.850. The van der Waals surface area contributed by atoms with Gasteiger partial charge in [0, 0.05) is 5.56 Å². The molecule has 0 spiro atoms. The van der Waals surface area contributed by atoms with Gasteiger partial charge in [-0.15, -0.1) is 0 Å². The monoisotopic (exact) mass is 335 g/mol. The maximum absolute atomic E-state index is 13.8. The molecule has 0 aliphatic heterocycles. The number of hydrogen-bond acceptors (Lipinski definition) is 4. The molecule has 0 fully saturated rings. The molecule has 7 heteroatoms. The SMILES string of the molecule is CC(Oc1ccc(O)cc1)C(=O)C(C#N)c1ccc(F)c(F)c1F. The van der Waals surface area contributed by atoms with Crippen molar-refractivity contribution in [2.24, 2.45) is 0 Å². The Bertz CT molecular complexity index is 800. The molecular formula is C17H12F3NO3. The summed E-state index contributed by atoms with van der Waals surface area (Å²) in [5.41, 5.74) is -0.553. The van der Waals surface area contributed by atoms with Gasteiger partial charge in [0.15, 0.2) is 29.3 Å². The predicted molar refractivity (Wildman–Crippen MR) is 77.9 cm³/mol. The fraction of sp³-hybridized carbons (Fsp3) is 0.176. The molecule has 2 unspecified atom stereocenters. The molecule has 1 N–H and O–H groups in total. The molecule has 0 aromatic heterocycles. The number of ketones is 1. The number of Topliss-reactive ketones (excluding diaryl/α,β-unsaturated/α-hetero) is 1. The smallest absolute Gasteiger partial charge is 0.194 e. The minimum Gasteiger partial charge on any atom is -0.508 e. The Kier molecular flexibility index (Phi) is 5.09. The number of phenolic OH excluding ortho intramolecular Hbond substituents is 1. The predicted octanol–water partition coefficient (Wildman–Crippen LogP) is 3.45. The average molecular weight is 335 g/mol. The van der Waals surface area contributed by atoms with Crippen molar-refractivity contribution >= 4 is 5.78 Å². The number of halogens is 3. The van der Waals surface area contributed by atoms with E-state index in [1.165, 1.54) is 31.2 Å². The summed E-state index contributed by atoms with van der Waals surface area (Å²) in [6, 6.07) is 8.56. The molecule has 0 saturated carbocycles. The van der Waals surface area contributed by atoms with Crippen LogP contribution in [-0.4, -0.2) is 17.0 Å². The van der Waals surface area contributed by atoms with Crippen LogP contribution in [0.3, 0.4) is 0 Å². The minimum absolute atomic E-state index is 0.0000828. The van der Waals surface area contributed by atoms with Gasteiger partial charge in [0.25, 0.3) is 0 Å². The highest BCUT2D eigenvalue weighted by molar-refractivity contribution is 5.92. The summed E-state index contributed by atoms with van der Waals surface area (Å²) in [4.78, 5) is 12.3. The number of rotatable bonds is 5. The fourth-order valence-corrected chi connectivity index (χ4v) is 2.07. The lowest BCUT2D eigenvalue weighted by Gasteiger charge is -2.17. The van der Waals surface area contributed by atoms with Crippen molar-refractivity contribution in [2.75, 3.05) is 0 Å². The third-order valence-corrected chi connectivity index (χ3v) is 3.34. The van der Waals surface area contributed by atoms with Crippen LogP contribution in [0, 0.1) is 28.8 Å². The number of hydrogen-bond donors (Lipinski definition) is 1. The Morgan fingerprint density at radius 3 is 2.33 bits per heavy atom. The van der Waals surface area contributed by atoms with Crippen LogP contribution < -0.4 is 4.74 Å². The molecule has 2 rings (SSSR count). The molecule has 0 bridgehead atoms. The van der Waals surface area contributed by atoms with Crippen LogP contribution in [0.2, 0.25) is 0 Å². The van der Waals surface area contributed by atoms with E-state index < -0.39 is 40.8 Å². The zero-order chi connectivity index (χ0) is 17.9. The molecule has 0 heterocycles. The second-order valence-electron chi connectivity index (χ2n) is 4.98. The lowest BCUT2D eigenvalue weighted by Crippen LogP contribution is -2.29. The van der Waals surface area contributed by atoms with Crippen molar-refractivity contribution in [3.05, 3.63) is 59.4 Å². The largest absolute Gasteiger partial charge is 0.508 e. The van der Waals surface area contributed by atoms with Crippen LogP contribution in [0.25, 0.3) is 0 Å². The van der Waals surface area contributed by atoms with E-state index in [-0.39, 0.29) is 11.5 Å². The Balaban J connectivity index is 2.24. The van der Waals surface area contributed by atoms with Gasteiger partial charge >= 0.3 is 0 Å². The van der Waals surface area contributed by atoms with Crippen molar-refractivity contribution in [3.8, 4) is 17.6 Å². The number of carbonyl (C=O) groups excluding carboxylic acids is 1. The second kappa shape index (κ2) is 7.04. The Morgan fingerprint density at radius 2 is 1.75 bits per heavy atom. The number of carbonyl (C=O) groups is 1. The van der Waals surface area contributed by atoms with Crippen LogP contribution in [0.5, 0.6) is 11.5 Å². The molecule has 0 aliphatic carbocycles.